The van der Waals surface area contributed by atoms with Crippen LogP contribution in [0, 0.1) is 0 Å². The smallest absolute Gasteiger partial charge is 0.242 e. The van der Waals surface area contributed by atoms with Gasteiger partial charge in [-0.05, 0) is 32.0 Å². The monoisotopic (exact) mass is 322 g/mol. The van der Waals surface area contributed by atoms with Gasteiger partial charge in [0.2, 0.25) is 10.0 Å². The molecule has 0 saturated carbocycles. The summed E-state index contributed by atoms with van der Waals surface area (Å²) in [5, 5.41) is 9.48. The van der Waals surface area contributed by atoms with Crippen LogP contribution in [0.2, 0.25) is 0 Å². The highest BCUT2D eigenvalue weighted by molar-refractivity contribution is 9.10. The van der Waals surface area contributed by atoms with Gasteiger partial charge in [-0.1, -0.05) is 15.9 Å². The molecule has 5 nitrogen and oxygen atoms in total. The Labute approximate surface area is 109 Å². The van der Waals surface area contributed by atoms with Crippen molar-refractivity contribution in [3.05, 3.63) is 22.7 Å². The standard InChI is InChI=1S/C10H15BrN2O3S/c1-10(2,14)6-13-17(15,16)9-4-3-7(11)5-8(9)12/h3-5,13-14H,6,12H2,1-2H3. The summed E-state index contributed by atoms with van der Waals surface area (Å²) in [6.07, 6.45) is 0. The summed E-state index contributed by atoms with van der Waals surface area (Å²) in [4.78, 5) is 0.00458. The number of benzene rings is 1. The van der Waals surface area contributed by atoms with Crippen LogP contribution >= 0.6 is 15.9 Å². The molecule has 0 aromatic heterocycles. The Morgan fingerprint density at radius 3 is 2.53 bits per heavy atom. The van der Waals surface area contributed by atoms with E-state index in [1.807, 2.05) is 0 Å². The Balaban J connectivity index is 2.98. The zero-order chi connectivity index (χ0) is 13.3. The van der Waals surface area contributed by atoms with Crippen molar-refractivity contribution >= 4 is 31.6 Å². The lowest BCUT2D eigenvalue weighted by atomic mass is 10.1. The predicted octanol–water partition coefficient (Wildman–Crippen LogP) is 1.08. The average molecular weight is 323 g/mol. The number of hydrogen-bond acceptors (Lipinski definition) is 4. The van der Waals surface area contributed by atoms with Gasteiger partial charge in [0.1, 0.15) is 4.90 Å². The maximum absolute atomic E-state index is 11.9. The van der Waals surface area contributed by atoms with E-state index in [0.29, 0.717) is 4.47 Å². The molecule has 0 amide bonds. The lowest BCUT2D eigenvalue weighted by Crippen LogP contribution is -2.38. The molecule has 1 rings (SSSR count). The van der Waals surface area contributed by atoms with Crippen molar-refractivity contribution in [2.75, 3.05) is 12.3 Å². The molecule has 96 valence electrons. The molecule has 4 N–H and O–H groups in total. The van der Waals surface area contributed by atoms with E-state index >= 15 is 0 Å². The van der Waals surface area contributed by atoms with Crippen LogP contribution in [0.25, 0.3) is 0 Å². The molecule has 1 aromatic carbocycles. The van der Waals surface area contributed by atoms with Gasteiger partial charge < -0.3 is 10.8 Å². The summed E-state index contributed by atoms with van der Waals surface area (Å²) in [5.41, 5.74) is 4.68. The van der Waals surface area contributed by atoms with E-state index in [2.05, 4.69) is 20.7 Å². The van der Waals surface area contributed by atoms with Crippen molar-refractivity contribution in [1.29, 1.82) is 0 Å². The van der Waals surface area contributed by atoms with Gasteiger partial charge in [0.15, 0.2) is 0 Å². The zero-order valence-electron chi connectivity index (χ0n) is 9.57. The first-order valence-electron chi connectivity index (χ1n) is 4.89. The molecule has 0 spiro atoms. The number of nitrogen functional groups attached to an aromatic ring is 1. The second kappa shape index (κ2) is 4.93. The first kappa shape index (κ1) is 14.4. The van der Waals surface area contributed by atoms with Crippen LogP contribution in [0.1, 0.15) is 13.8 Å². The third kappa shape index (κ3) is 4.27. The van der Waals surface area contributed by atoms with Crippen molar-refractivity contribution in [2.45, 2.75) is 24.3 Å². The Morgan fingerprint density at radius 2 is 2.06 bits per heavy atom. The molecule has 0 radical (unpaired) electrons. The summed E-state index contributed by atoms with van der Waals surface area (Å²) in [7, 11) is -3.70. The van der Waals surface area contributed by atoms with Crippen LogP contribution in [-0.2, 0) is 10.0 Å². The van der Waals surface area contributed by atoms with Crippen LogP contribution < -0.4 is 10.5 Å². The van der Waals surface area contributed by atoms with E-state index in [4.69, 9.17) is 5.73 Å². The van der Waals surface area contributed by atoms with Crippen molar-refractivity contribution in [3.8, 4) is 0 Å². The highest BCUT2D eigenvalue weighted by Crippen LogP contribution is 2.22. The molecule has 0 atom stereocenters. The van der Waals surface area contributed by atoms with Crippen LogP contribution in [0.4, 0.5) is 5.69 Å². The highest BCUT2D eigenvalue weighted by Gasteiger charge is 2.21. The van der Waals surface area contributed by atoms with Crippen LogP contribution in [0.5, 0.6) is 0 Å². The van der Waals surface area contributed by atoms with E-state index < -0.39 is 15.6 Å². The minimum atomic E-state index is -3.70. The molecule has 0 bridgehead atoms. The minimum absolute atomic E-state index is 0.00458. The van der Waals surface area contributed by atoms with Gasteiger partial charge in [0.25, 0.3) is 0 Å². The van der Waals surface area contributed by atoms with Crippen molar-refractivity contribution in [2.24, 2.45) is 0 Å². The second-order valence-electron chi connectivity index (χ2n) is 4.32. The fourth-order valence-corrected chi connectivity index (χ4v) is 2.81. The second-order valence-corrected chi connectivity index (χ2v) is 6.97. The lowest BCUT2D eigenvalue weighted by Gasteiger charge is -2.18. The number of hydrogen-bond donors (Lipinski definition) is 3. The van der Waals surface area contributed by atoms with Gasteiger partial charge in [0, 0.05) is 11.0 Å². The number of halogens is 1. The lowest BCUT2D eigenvalue weighted by molar-refractivity contribution is 0.0857. The number of sulfonamides is 1. The Hall–Kier alpha value is -0.630. The molecule has 7 heteroatoms. The molecule has 17 heavy (non-hydrogen) atoms. The van der Waals surface area contributed by atoms with Crippen molar-refractivity contribution in [3.63, 3.8) is 0 Å². The molecule has 0 aliphatic carbocycles. The van der Waals surface area contributed by atoms with E-state index in [1.165, 1.54) is 26.0 Å². The van der Waals surface area contributed by atoms with Gasteiger partial charge in [-0.2, -0.15) is 0 Å². The highest BCUT2D eigenvalue weighted by atomic mass is 79.9. The number of anilines is 1. The Morgan fingerprint density at radius 1 is 1.47 bits per heavy atom. The summed E-state index contributed by atoms with van der Waals surface area (Å²) in [5.74, 6) is 0. The normalized spacial score (nSPS) is 12.7. The first-order valence-corrected chi connectivity index (χ1v) is 7.16. The minimum Gasteiger partial charge on any atom is -0.398 e. The summed E-state index contributed by atoms with van der Waals surface area (Å²) in [6.45, 7) is 2.95. The predicted molar refractivity (Wildman–Crippen MR) is 70.0 cm³/mol. The topological polar surface area (TPSA) is 92.4 Å². The van der Waals surface area contributed by atoms with Gasteiger partial charge in [-0.15, -0.1) is 0 Å². The van der Waals surface area contributed by atoms with Crippen LogP contribution in [0.3, 0.4) is 0 Å². The molecule has 0 heterocycles. The van der Waals surface area contributed by atoms with Crippen molar-refractivity contribution in [1.82, 2.24) is 4.72 Å². The summed E-state index contributed by atoms with van der Waals surface area (Å²) < 4.78 is 26.8. The number of rotatable bonds is 4. The van der Waals surface area contributed by atoms with Gasteiger partial charge in [-0.3, -0.25) is 0 Å². The van der Waals surface area contributed by atoms with Crippen LogP contribution in [-0.4, -0.2) is 25.7 Å². The third-order valence-corrected chi connectivity index (χ3v) is 3.92. The average Bonchev–Trinajstić information content (AvgIpc) is 2.13. The SMILES string of the molecule is CC(C)(O)CNS(=O)(=O)c1ccc(Br)cc1N. The first-order chi connectivity index (χ1) is 7.62. The number of nitrogens with one attached hydrogen (secondary N) is 1. The quantitative estimate of drug-likeness (QED) is 0.723. The van der Waals surface area contributed by atoms with E-state index in [9.17, 15) is 13.5 Å². The molecular weight excluding hydrogens is 308 g/mol. The number of nitrogens with two attached hydrogens (primary N) is 1. The Bertz CT molecular complexity index is 509. The molecular formula is C10H15BrN2O3S. The molecule has 0 saturated heterocycles. The van der Waals surface area contributed by atoms with Crippen LogP contribution in [0.15, 0.2) is 27.6 Å². The van der Waals surface area contributed by atoms with Gasteiger partial charge in [0.05, 0.1) is 11.3 Å². The van der Waals surface area contributed by atoms with E-state index in [1.54, 1.807) is 6.07 Å². The number of aliphatic hydroxyl groups is 1. The van der Waals surface area contributed by atoms with Gasteiger partial charge in [-0.25, -0.2) is 13.1 Å². The maximum Gasteiger partial charge on any atom is 0.242 e. The van der Waals surface area contributed by atoms with E-state index in [0.717, 1.165) is 0 Å². The molecule has 0 aliphatic heterocycles. The maximum atomic E-state index is 11.9. The van der Waals surface area contributed by atoms with Gasteiger partial charge >= 0.3 is 0 Å². The Kier molecular flexibility index (Phi) is 4.19. The fourth-order valence-electron chi connectivity index (χ4n) is 1.11. The molecule has 1 aromatic rings. The van der Waals surface area contributed by atoms with E-state index in [-0.39, 0.29) is 17.1 Å². The molecule has 0 fully saturated rings. The largest absolute Gasteiger partial charge is 0.398 e. The summed E-state index contributed by atoms with van der Waals surface area (Å²) >= 11 is 3.20. The third-order valence-electron chi connectivity index (χ3n) is 1.96. The summed E-state index contributed by atoms with van der Waals surface area (Å²) in [6, 6.07) is 4.51. The molecule has 0 unspecified atom stereocenters. The molecule has 0 aliphatic rings. The zero-order valence-corrected chi connectivity index (χ0v) is 12.0. The fraction of sp³-hybridized carbons (Fsp3) is 0.400. The van der Waals surface area contributed by atoms with Crippen molar-refractivity contribution < 1.29 is 13.5 Å².